The first-order chi connectivity index (χ1) is 8.58. The number of rotatable bonds is 3. The number of anilines is 1. The molecule has 1 aromatic carbocycles. The first-order valence-electron chi connectivity index (χ1n) is 6.33. The van der Waals surface area contributed by atoms with Gasteiger partial charge in [0.2, 0.25) is 0 Å². The minimum atomic E-state index is 0.284. The molecular weight excluding hydrogens is 220 g/mol. The Balaban J connectivity index is 2.19. The van der Waals surface area contributed by atoms with Crippen LogP contribution in [0.5, 0.6) is 0 Å². The SMILES string of the molecule is Cc1ccc(C(C)Nc2cccnc2C)cc1C. The van der Waals surface area contributed by atoms with Crippen LogP contribution < -0.4 is 5.32 Å². The molecule has 2 nitrogen and oxygen atoms in total. The van der Waals surface area contributed by atoms with Crippen LogP contribution >= 0.6 is 0 Å². The topological polar surface area (TPSA) is 24.9 Å². The van der Waals surface area contributed by atoms with Crippen molar-refractivity contribution in [2.75, 3.05) is 5.32 Å². The van der Waals surface area contributed by atoms with Crippen molar-refractivity contribution in [1.82, 2.24) is 4.98 Å². The number of aryl methyl sites for hydroxylation is 3. The average molecular weight is 240 g/mol. The van der Waals surface area contributed by atoms with Gasteiger partial charge in [-0.1, -0.05) is 18.2 Å². The summed E-state index contributed by atoms with van der Waals surface area (Å²) in [5, 5.41) is 3.51. The van der Waals surface area contributed by atoms with Crippen LogP contribution in [-0.2, 0) is 0 Å². The van der Waals surface area contributed by atoms with Gasteiger partial charge in [0.05, 0.1) is 11.4 Å². The Morgan fingerprint density at radius 3 is 2.50 bits per heavy atom. The zero-order valence-electron chi connectivity index (χ0n) is 11.5. The predicted molar refractivity (Wildman–Crippen MR) is 76.9 cm³/mol. The fraction of sp³-hybridized carbons (Fsp3) is 0.312. The summed E-state index contributed by atoms with van der Waals surface area (Å²) < 4.78 is 0. The summed E-state index contributed by atoms with van der Waals surface area (Å²) in [6, 6.07) is 10.9. The van der Waals surface area contributed by atoms with Gasteiger partial charge in [0, 0.05) is 12.2 Å². The molecular formula is C16H20N2. The third-order valence-corrected chi connectivity index (χ3v) is 3.41. The molecule has 94 valence electrons. The lowest BCUT2D eigenvalue weighted by molar-refractivity contribution is 0.876. The Labute approximate surface area is 109 Å². The Morgan fingerprint density at radius 1 is 1.06 bits per heavy atom. The summed E-state index contributed by atoms with van der Waals surface area (Å²) in [6.45, 7) is 8.50. The highest BCUT2D eigenvalue weighted by Gasteiger charge is 2.07. The Kier molecular flexibility index (Phi) is 3.66. The fourth-order valence-electron chi connectivity index (χ4n) is 1.99. The van der Waals surface area contributed by atoms with E-state index in [9.17, 15) is 0 Å². The molecule has 1 heterocycles. The monoisotopic (exact) mass is 240 g/mol. The van der Waals surface area contributed by atoms with E-state index in [2.05, 4.69) is 55.3 Å². The van der Waals surface area contributed by atoms with Gasteiger partial charge in [-0.15, -0.1) is 0 Å². The van der Waals surface area contributed by atoms with E-state index in [1.54, 1.807) is 0 Å². The van der Waals surface area contributed by atoms with Gasteiger partial charge >= 0.3 is 0 Å². The molecule has 2 rings (SSSR count). The predicted octanol–water partition coefficient (Wildman–Crippen LogP) is 4.18. The van der Waals surface area contributed by atoms with E-state index in [0.29, 0.717) is 0 Å². The Bertz CT molecular complexity index is 547. The average Bonchev–Trinajstić information content (AvgIpc) is 2.35. The van der Waals surface area contributed by atoms with E-state index in [0.717, 1.165) is 11.4 Å². The Hall–Kier alpha value is -1.83. The van der Waals surface area contributed by atoms with Gasteiger partial charge in [-0.2, -0.15) is 0 Å². The van der Waals surface area contributed by atoms with Gasteiger partial charge in [-0.05, 0) is 56.5 Å². The van der Waals surface area contributed by atoms with Crippen molar-refractivity contribution < 1.29 is 0 Å². The molecule has 1 unspecified atom stereocenters. The molecule has 0 radical (unpaired) electrons. The molecule has 2 heteroatoms. The van der Waals surface area contributed by atoms with Gasteiger partial charge in [0.25, 0.3) is 0 Å². The van der Waals surface area contributed by atoms with Gasteiger partial charge in [0.15, 0.2) is 0 Å². The van der Waals surface area contributed by atoms with Crippen molar-refractivity contribution in [2.45, 2.75) is 33.7 Å². The van der Waals surface area contributed by atoms with Crippen LogP contribution in [0, 0.1) is 20.8 Å². The molecule has 18 heavy (non-hydrogen) atoms. The van der Waals surface area contributed by atoms with Crippen LogP contribution in [0.15, 0.2) is 36.5 Å². The molecule has 0 aliphatic heterocycles. The second-order valence-electron chi connectivity index (χ2n) is 4.85. The molecule has 0 amide bonds. The van der Waals surface area contributed by atoms with Crippen LogP contribution in [0.3, 0.4) is 0 Å². The highest BCUT2D eigenvalue weighted by molar-refractivity contribution is 5.49. The maximum absolute atomic E-state index is 4.30. The first-order valence-corrected chi connectivity index (χ1v) is 6.33. The van der Waals surface area contributed by atoms with Crippen LogP contribution in [0.4, 0.5) is 5.69 Å². The van der Waals surface area contributed by atoms with Crippen molar-refractivity contribution in [3.05, 3.63) is 58.9 Å². The fourth-order valence-corrected chi connectivity index (χ4v) is 1.99. The van der Waals surface area contributed by atoms with E-state index in [4.69, 9.17) is 0 Å². The molecule has 0 bridgehead atoms. The van der Waals surface area contributed by atoms with Gasteiger partial charge in [0.1, 0.15) is 0 Å². The van der Waals surface area contributed by atoms with Gasteiger partial charge in [-0.3, -0.25) is 4.98 Å². The summed E-state index contributed by atoms with van der Waals surface area (Å²) in [5.74, 6) is 0. The zero-order chi connectivity index (χ0) is 13.1. The van der Waals surface area contributed by atoms with E-state index >= 15 is 0 Å². The highest BCUT2D eigenvalue weighted by atomic mass is 14.9. The molecule has 0 saturated heterocycles. The summed E-state index contributed by atoms with van der Waals surface area (Å²) in [7, 11) is 0. The highest BCUT2D eigenvalue weighted by Crippen LogP contribution is 2.22. The van der Waals surface area contributed by atoms with Crippen LogP contribution in [-0.4, -0.2) is 4.98 Å². The number of hydrogen-bond acceptors (Lipinski definition) is 2. The van der Waals surface area contributed by atoms with E-state index in [1.165, 1.54) is 16.7 Å². The number of nitrogens with zero attached hydrogens (tertiary/aromatic N) is 1. The van der Waals surface area contributed by atoms with Crippen molar-refractivity contribution in [2.24, 2.45) is 0 Å². The number of nitrogens with one attached hydrogen (secondary N) is 1. The van der Waals surface area contributed by atoms with Crippen molar-refractivity contribution in [1.29, 1.82) is 0 Å². The maximum Gasteiger partial charge on any atom is 0.0603 e. The van der Waals surface area contributed by atoms with E-state index < -0.39 is 0 Å². The summed E-state index contributed by atoms with van der Waals surface area (Å²) in [5.41, 5.74) is 6.12. The molecule has 2 aromatic rings. The summed E-state index contributed by atoms with van der Waals surface area (Å²) in [6.07, 6.45) is 1.82. The molecule has 1 aromatic heterocycles. The summed E-state index contributed by atoms with van der Waals surface area (Å²) in [4.78, 5) is 4.30. The minimum Gasteiger partial charge on any atom is -0.377 e. The Morgan fingerprint density at radius 2 is 1.83 bits per heavy atom. The lowest BCUT2D eigenvalue weighted by atomic mass is 10.0. The molecule has 0 saturated carbocycles. The number of benzene rings is 1. The maximum atomic E-state index is 4.30. The zero-order valence-corrected chi connectivity index (χ0v) is 11.5. The van der Waals surface area contributed by atoms with E-state index in [-0.39, 0.29) is 6.04 Å². The lowest BCUT2D eigenvalue weighted by Gasteiger charge is -2.18. The quantitative estimate of drug-likeness (QED) is 0.870. The molecule has 0 spiro atoms. The smallest absolute Gasteiger partial charge is 0.0603 e. The number of pyridine rings is 1. The third-order valence-electron chi connectivity index (χ3n) is 3.41. The normalized spacial score (nSPS) is 12.2. The molecule has 1 atom stereocenters. The molecule has 1 N–H and O–H groups in total. The van der Waals surface area contributed by atoms with Gasteiger partial charge < -0.3 is 5.32 Å². The van der Waals surface area contributed by atoms with Crippen molar-refractivity contribution >= 4 is 5.69 Å². The standard InChI is InChI=1S/C16H20N2/c1-11-7-8-15(10-12(11)2)13(3)18-16-6-5-9-17-14(16)4/h5-10,13,18H,1-4H3. The van der Waals surface area contributed by atoms with Gasteiger partial charge in [-0.25, -0.2) is 0 Å². The van der Waals surface area contributed by atoms with Crippen LogP contribution in [0.1, 0.15) is 35.3 Å². The molecule has 0 aliphatic rings. The van der Waals surface area contributed by atoms with E-state index in [1.807, 2.05) is 19.2 Å². The first kappa shape index (κ1) is 12.6. The van der Waals surface area contributed by atoms with Crippen molar-refractivity contribution in [3.8, 4) is 0 Å². The number of hydrogen-bond donors (Lipinski definition) is 1. The van der Waals surface area contributed by atoms with Crippen molar-refractivity contribution in [3.63, 3.8) is 0 Å². The number of aromatic nitrogens is 1. The molecule has 0 fully saturated rings. The largest absolute Gasteiger partial charge is 0.377 e. The second kappa shape index (κ2) is 5.21. The van der Waals surface area contributed by atoms with Crippen LogP contribution in [0.2, 0.25) is 0 Å². The third kappa shape index (κ3) is 2.70. The summed E-state index contributed by atoms with van der Waals surface area (Å²) >= 11 is 0. The minimum absolute atomic E-state index is 0.284. The lowest BCUT2D eigenvalue weighted by Crippen LogP contribution is -2.08. The second-order valence-corrected chi connectivity index (χ2v) is 4.85. The van der Waals surface area contributed by atoms with Crippen LogP contribution in [0.25, 0.3) is 0 Å². The molecule has 0 aliphatic carbocycles.